The Bertz CT molecular complexity index is 1600. The fourth-order valence-corrected chi connectivity index (χ4v) is 5.65. The Labute approximate surface area is 242 Å². The van der Waals surface area contributed by atoms with E-state index in [0.29, 0.717) is 33.3 Å². The van der Waals surface area contributed by atoms with Gasteiger partial charge in [0.05, 0.1) is 6.04 Å². The molecule has 10 heteroatoms. The topological polar surface area (TPSA) is 101 Å². The predicted octanol–water partition coefficient (Wildman–Crippen LogP) is 6.75. The number of nitrogens with zero attached hydrogens (tertiary/aromatic N) is 4. The largest absolute Gasteiger partial charge is 0.326 e. The number of hydrogen-bond donors (Lipinski definition) is 2. The molecule has 0 bridgehead atoms. The van der Waals surface area contributed by atoms with Crippen molar-refractivity contribution in [1.82, 2.24) is 14.8 Å². The van der Waals surface area contributed by atoms with Gasteiger partial charge in [0, 0.05) is 34.8 Å². The highest BCUT2D eigenvalue weighted by Gasteiger charge is 2.39. The molecule has 0 radical (unpaired) electrons. The molecule has 2 heterocycles. The van der Waals surface area contributed by atoms with Gasteiger partial charge in [-0.3, -0.25) is 9.59 Å². The van der Waals surface area contributed by atoms with Gasteiger partial charge in [0.25, 0.3) is 0 Å². The number of halogens is 1. The number of thioether (sulfide) groups is 1. The third kappa shape index (κ3) is 6.11. The molecule has 2 atom stereocenters. The Hall–Kier alpha value is -3.95. The van der Waals surface area contributed by atoms with Crippen LogP contribution in [0.15, 0.2) is 76.9 Å². The van der Waals surface area contributed by atoms with Crippen LogP contribution < -0.4 is 10.6 Å². The zero-order valence-corrected chi connectivity index (χ0v) is 24.2. The summed E-state index contributed by atoms with van der Waals surface area (Å²) in [6.45, 7) is 7.31. The molecular formula is C30H29ClN6O2S. The lowest BCUT2D eigenvalue weighted by atomic mass is 9.87. The average molecular weight is 573 g/mol. The molecule has 2 N–H and O–H groups in total. The lowest BCUT2D eigenvalue weighted by Gasteiger charge is -2.30. The normalized spacial score (nSPS) is 16.2. The van der Waals surface area contributed by atoms with Crippen LogP contribution in [0.4, 0.5) is 17.3 Å². The molecule has 0 spiro atoms. The quantitative estimate of drug-likeness (QED) is 0.239. The number of carbonyl (C=O) groups excluding carboxylic acids is 2. The number of rotatable bonds is 7. The number of aromatic nitrogens is 3. The van der Waals surface area contributed by atoms with Crippen molar-refractivity contribution in [2.75, 3.05) is 10.6 Å². The number of hydrogen-bond acceptors (Lipinski definition) is 6. The van der Waals surface area contributed by atoms with Gasteiger partial charge in [0.15, 0.2) is 0 Å². The summed E-state index contributed by atoms with van der Waals surface area (Å²) in [4.78, 5) is 34.8. The maximum absolute atomic E-state index is 13.8. The SMILES string of the molecule is CC(=O)Nc1ccc(C2C(C(=O)Nc3ccc(C)cc3C)C(C)=Nc3nc(SCc4ccc(Cl)cc4)nn32)cc1. The minimum absolute atomic E-state index is 0.153. The molecule has 4 aromatic rings. The lowest BCUT2D eigenvalue weighted by molar-refractivity contribution is -0.119. The van der Waals surface area contributed by atoms with Crippen LogP contribution in [-0.4, -0.2) is 32.3 Å². The summed E-state index contributed by atoms with van der Waals surface area (Å²) in [5.41, 5.74) is 6.13. The zero-order valence-electron chi connectivity index (χ0n) is 22.6. The summed E-state index contributed by atoms with van der Waals surface area (Å²) in [6.07, 6.45) is 0. The summed E-state index contributed by atoms with van der Waals surface area (Å²) in [5, 5.41) is 12.0. The van der Waals surface area contributed by atoms with Gasteiger partial charge >= 0.3 is 0 Å². The standard InChI is InChI=1S/C30H29ClN6O2S/c1-17-5-14-25(18(2)15-17)34-28(39)26-19(3)32-29-35-30(40-16-21-6-10-23(31)11-7-21)36-37(29)27(26)22-8-12-24(13-9-22)33-20(4)38/h5-15,26-27H,16H2,1-4H3,(H,33,38)(H,34,39). The molecule has 5 rings (SSSR count). The van der Waals surface area contributed by atoms with Gasteiger partial charge in [-0.15, -0.1) is 5.10 Å². The Morgan fingerprint density at radius 1 is 0.975 bits per heavy atom. The lowest BCUT2D eigenvalue weighted by Crippen LogP contribution is -2.39. The summed E-state index contributed by atoms with van der Waals surface area (Å²) in [6, 6.07) is 20.6. The maximum atomic E-state index is 13.8. The van der Waals surface area contributed by atoms with Crippen molar-refractivity contribution in [3.8, 4) is 0 Å². The molecular weight excluding hydrogens is 544 g/mol. The molecule has 40 heavy (non-hydrogen) atoms. The van der Waals surface area contributed by atoms with E-state index in [9.17, 15) is 9.59 Å². The van der Waals surface area contributed by atoms with Crippen LogP contribution in [0, 0.1) is 19.8 Å². The molecule has 1 aliphatic rings. The van der Waals surface area contributed by atoms with E-state index >= 15 is 0 Å². The van der Waals surface area contributed by atoms with Gasteiger partial charge in [0.1, 0.15) is 5.92 Å². The molecule has 2 amide bonds. The summed E-state index contributed by atoms with van der Waals surface area (Å²) < 4.78 is 1.73. The minimum Gasteiger partial charge on any atom is -0.326 e. The Morgan fingerprint density at radius 3 is 2.38 bits per heavy atom. The smallest absolute Gasteiger partial charge is 0.249 e. The first-order chi connectivity index (χ1) is 19.2. The molecule has 204 valence electrons. The highest BCUT2D eigenvalue weighted by molar-refractivity contribution is 7.98. The Balaban J connectivity index is 1.49. The van der Waals surface area contributed by atoms with Crippen molar-refractivity contribution in [3.63, 3.8) is 0 Å². The second kappa shape index (κ2) is 11.7. The first-order valence-corrected chi connectivity index (χ1v) is 14.2. The molecule has 2 unspecified atom stereocenters. The maximum Gasteiger partial charge on any atom is 0.249 e. The van der Waals surface area contributed by atoms with Gasteiger partial charge in [-0.2, -0.15) is 4.98 Å². The molecule has 3 aromatic carbocycles. The van der Waals surface area contributed by atoms with E-state index in [4.69, 9.17) is 21.7 Å². The summed E-state index contributed by atoms with van der Waals surface area (Å²) in [5.74, 6) is 0.148. The number of nitrogens with one attached hydrogen (secondary N) is 2. The average Bonchev–Trinajstić information content (AvgIpc) is 3.31. The third-order valence-corrected chi connectivity index (χ3v) is 7.84. The van der Waals surface area contributed by atoms with Crippen molar-refractivity contribution >= 4 is 58.2 Å². The van der Waals surface area contributed by atoms with Crippen molar-refractivity contribution in [2.45, 2.75) is 44.6 Å². The number of amides is 2. The van der Waals surface area contributed by atoms with Crippen molar-refractivity contribution in [3.05, 3.63) is 94.0 Å². The number of benzene rings is 3. The van der Waals surface area contributed by atoms with Gasteiger partial charge in [-0.05, 0) is 67.8 Å². The second-order valence-corrected chi connectivity index (χ2v) is 11.2. The van der Waals surface area contributed by atoms with E-state index in [-0.39, 0.29) is 11.8 Å². The van der Waals surface area contributed by atoms with Gasteiger partial charge in [0.2, 0.25) is 22.9 Å². The van der Waals surface area contributed by atoms with Crippen molar-refractivity contribution in [1.29, 1.82) is 0 Å². The number of aryl methyl sites for hydroxylation is 2. The van der Waals surface area contributed by atoms with Crippen LogP contribution in [0.2, 0.25) is 5.02 Å². The number of aliphatic imine (C=N–C) groups is 1. The van der Waals surface area contributed by atoms with E-state index in [1.807, 2.05) is 87.5 Å². The second-order valence-electron chi connectivity index (χ2n) is 9.84. The summed E-state index contributed by atoms with van der Waals surface area (Å²) >= 11 is 7.52. The minimum atomic E-state index is -0.629. The summed E-state index contributed by atoms with van der Waals surface area (Å²) in [7, 11) is 0. The highest BCUT2D eigenvalue weighted by atomic mass is 35.5. The third-order valence-electron chi connectivity index (χ3n) is 6.68. The van der Waals surface area contributed by atoms with E-state index in [1.54, 1.807) is 4.68 Å². The van der Waals surface area contributed by atoms with Gasteiger partial charge in [-0.1, -0.05) is 65.3 Å². The molecule has 8 nitrogen and oxygen atoms in total. The van der Waals surface area contributed by atoms with Gasteiger partial charge in [-0.25, -0.2) is 9.67 Å². The van der Waals surface area contributed by atoms with Crippen molar-refractivity contribution in [2.24, 2.45) is 10.9 Å². The first-order valence-electron chi connectivity index (χ1n) is 12.8. The Kier molecular flexibility index (Phi) is 8.04. The van der Waals surface area contributed by atoms with E-state index in [1.165, 1.54) is 18.7 Å². The van der Waals surface area contributed by atoms with E-state index in [2.05, 4.69) is 15.6 Å². The van der Waals surface area contributed by atoms with Crippen LogP contribution in [0.3, 0.4) is 0 Å². The van der Waals surface area contributed by atoms with E-state index in [0.717, 1.165) is 27.9 Å². The van der Waals surface area contributed by atoms with Crippen LogP contribution in [0.25, 0.3) is 0 Å². The Morgan fingerprint density at radius 2 is 1.70 bits per heavy atom. The molecule has 0 fully saturated rings. The molecule has 1 aromatic heterocycles. The highest BCUT2D eigenvalue weighted by Crippen LogP contribution is 2.38. The van der Waals surface area contributed by atoms with Crippen LogP contribution in [0.1, 0.15) is 42.1 Å². The number of anilines is 2. The molecule has 0 aliphatic carbocycles. The molecule has 1 aliphatic heterocycles. The monoisotopic (exact) mass is 572 g/mol. The zero-order chi connectivity index (χ0) is 28.4. The fourth-order valence-electron chi connectivity index (χ4n) is 4.74. The predicted molar refractivity (Wildman–Crippen MR) is 161 cm³/mol. The van der Waals surface area contributed by atoms with Gasteiger partial charge < -0.3 is 10.6 Å². The number of fused-ring (bicyclic) bond motifs is 1. The first kappa shape index (κ1) is 27.6. The van der Waals surface area contributed by atoms with Crippen LogP contribution in [0.5, 0.6) is 0 Å². The van der Waals surface area contributed by atoms with E-state index < -0.39 is 12.0 Å². The van der Waals surface area contributed by atoms with Crippen molar-refractivity contribution < 1.29 is 9.59 Å². The van der Waals surface area contributed by atoms with Crippen LogP contribution >= 0.6 is 23.4 Å². The molecule has 0 saturated carbocycles. The molecule has 0 saturated heterocycles. The van der Waals surface area contributed by atoms with Crippen LogP contribution in [-0.2, 0) is 15.3 Å². The fraction of sp³-hybridized carbons (Fsp3) is 0.233. The number of carbonyl (C=O) groups is 2.